The predicted octanol–water partition coefficient (Wildman–Crippen LogP) is 0.758. The molecule has 0 aliphatic carbocycles. The number of rotatable bonds is 7. The van der Waals surface area contributed by atoms with Crippen LogP contribution in [-0.4, -0.2) is 53.8 Å². The highest BCUT2D eigenvalue weighted by Crippen LogP contribution is 2.14. The summed E-state index contributed by atoms with van der Waals surface area (Å²) in [5, 5.41) is 2.62. The van der Waals surface area contributed by atoms with Gasteiger partial charge >= 0.3 is 17.8 Å². The highest BCUT2D eigenvalue weighted by Gasteiger charge is 2.45. The van der Waals surface area contributed by atoms with Gasteiger partial charge in [-0.3, -0.25) is 19.3 Å². The van der Waals surface area contributed by atoms with E-state index in [9.17, 15) is 19.2 Å². The van der Waals surface area contributed by atoms with Gasteiger partial charge in [0.05, 0.1) is 7.11 Å². The van der Waals surface area contributed by atoms with Crippen LogP contribution in [0.1, 0.15) is 19.4 Å². The predicted molar refractivity (Wildman–Crippen MR) is 88.5 cm³/mol. The van der Waals surface area contributed by atoms with Crippen molar-refractivity contribution in [2.24, 2.45) is 5.92 Å². The molecule has 134 valence electrons. The van der Waals surface area contributed by atoms with Crippen molar-refractivity contribution in [1.29, 1.82) is 0 Å². The second-order valence-electron chi connectivity index (χ2n) is 6.11. The second kappa shape index (κ2) is 7.78. The van der Waals surface area contributed by atoms with Crippen molar-refractivity contribution in [1.82, 2.24) is 15.1 Å². The van der Waals surface area contributed by atoms with Gasteiger partial charge in [0, 0.05) is 13.1 Å². The van der Waals surface area contributed by atoms with Crippen LogP contribution >= 0.6 is 0 Å². The molecule has 1 fully saturated rings. The third kappa shape index (κ3) is 4.34. The maximum Gasteiger partial charge on any atom is 0.334 e. The zero-order chi connectivity index (χ0) is 18.6. The van der Waals surface area contributed by atoms with Gasteiger partial charge in [-0.2, -0.15) is 0 Å². The lowest BCUT2D eigenvalue weighted by Gasteiger charge is -2.16. The number of nitrogens with one attached hydrogen (secondary N) is 1. The summed E-state index contributed by atoms with van der Waals surface area (Å²) in [6, 6.07) is 6.39. The molecule has 5 amide bonds. The van der Waals surface area contributed by atoms with Crippen LogP contribution < -0.4 is 10.1 Å². The number of carbonyl (C=O) groups is 4. The summed E-state index contributed by atoms with van der Waals surface area (Å²) in [5.41, 5.74) is 0.810. The van der Waals surface area contributed by atoms with Crippen LogP contribution in [0.5, 0.6) is 5.75 Å². The molecule has 2 rings (SSSR count). The molecule has 0 unspecified atom stereocenters. The molecule has 0 spiro atoms. The first-order chi connectivity index (χ1) is 11.8. The molecule has 8 nitrogen and oxygen atoms in total. The Hall–Kier alpha value is -2.90. The monoisotopic (exact) mass is 347 g/mol. The second-order valence-corrected chi connectivity index (χ2v) is 6.11. The summed E-state index contributed by atoms with van der Waals surface area (Å²) in [5.74, 6) is -1.70. The van der Waals surface area contributed by atoms with Crippen molar-refractivity contribution >= 4 is 23.8 Å². The summed E-state index contributed by atoms with van der Waals surface area (Å²) < 4.78 is 5.10. The van der Waals surface area contributed by atoms with Crippen LogP contribution in [-0.2, 0) is 20.9 Å². The molecule has 1 heterocycles. The first-order valence-corrected chi connectivity index (χ1v) is 7.90. The number of hydrogen-bond donors (Lipinski definition) is 1. The van der Waals surface area contributed by atoms with Crippen LogP contribution in [0.15, 0.2) is 24.3 Å². The Balaban J connectivity index is 1.94. The molecule has 0 saturated carbocycles. The fraction of sp³-hybridized carbons (Fsp3) is 0.412. The standard InChI is InChI=1S/C17H21N3O5/c1-11(2)9-19-15(22)16(23)20(17(19)24)10-14(21)18-8-12-5-4-6-13(7-12)25-3/h4-7,11H,8-10H2,1-3H3,(H,18,21). The maximum atomic E-state index is 12.2. The normalized spacial score (nSPS) is 14.5. The van der Waals surface area contributed by atoms with E-state index in [1.54, 1.807) is 25.3 Å². The van der Waals surface area contributed by atoms with Crippen LogP contribution in [0.25, 0.3) is 0 Å². The summed E-state index contributed by atoms with van der Waals surface area (Å²) in [4.78, 5) is 49.5. The van der Waals surface area contributed by atoms with Gasteiger partial charge in [-0.1, -0.05) is 26.0 Å². The van der Waals surface area contributed by atoms with E-state index in [0.29, 0.717) is 10.6 Å². The number of urea groups is 1. The summed E-state index contributed by atoms with van der Waals surface area (Å²) in [6.07, 6.45) is 0. The van der Waals surface area contributed by atoms with Crippen molar-refractivity contribution in [3.8, 4) is 5.75 Å². The number of nitrogens with zero attached hydrogens (tertiary/aromatic N) is 2. The SMILES string of the molecule is COc1cccc(CNC(=O)CN2C(=O)C(=O)N(CC(C)C)C2=O)c1. The van der Waals surface area contributed by atoms with Gasteiger partial charge in [0.15, 0.2) is 0 Å². The van der Waals surface area contributed by atoms with Gasteiger partial charge in [0.25, 0.3) is 0 Å². The van der Waals surface area contributed by atoms with Gasteiger partial charge < -0.3 is 10.1 Å². The van der Waals surface area contributed by atoms with E-state index in [1.807, 2.05) is 19.9 Å². The Labute approximate surface area is 145 Å². The molecule has 0 atom stereocenters. The van der Waals surface area contributed by atoms with Crippen molar-refractivity contribution in [2.45, 2.75) is 20.4 Å². The van der Waals surface area contributed by atoms with Crippen LogP contribution in [0, 0.1) is 5.92 Å². The van der Waals surface area contributed by atoms with Crippen molar-refractivity contribution in [2.75, 3.05) is 20.2 Å². The van der Waals surface area contributed by atoms with E-state index in [-0.39, 0.29) is 19.0 Å². The lowest BCUT2D eigenvalue weighted by molar-refractivity contribution is -0.144. The molecule has 0 bridgehead atoms. The molecule has 1 aromatic carbocycles. The van der Waals surface area contributed by atoms with Gasteiger partial charge in [-0.15, -0.1) is 0 Å². The van der Waals surface area contributed by atoms with Crippen molar-refractivity contribution in [3.05, 3.63) is 29.8 Å². The number of benzene rings is 1. The molecule has 1 saturated heterocycles. The maximum absolute atomic E-state index is 12.2. The van der Waals surface area contributed by atoms with Gasteiger partial charge in [-0.05, 0) is 23.6 Å². The van der Waals surface area contributed by atoms with Gasteiger partial charge in [-0.25, -0.2) is 9.69 Å². The molecule has 1 N–H and O–H groups in total. The topological polar surface area (TPSA) is 96.0 Å². The van der Waals surface area contributed by atoms with E-state index < -0.39 is 30.3 Å². The molecule has 25 heavy (non-hydrogen) atoms. The Morgan fingerprint density at radius 2 is 1.84 bits per heavy atom. The number of ether oxygens (including phenoxy) is 1. The quantitative estimate of drug-likeness (QED) is 0.580. The van der Waals surface area contributed by atoms with E-state index >= 15 is 0 Å². The lowest BCUT2D eigenvalue weighted by Crippen LogP contribution is -2.41. The largest absolute Gasteiger partial charge is 0.497 e. The van der Waals surface area contributed by atoms with Gasteiger partial charge in [0.2, 0.25) is 5.91 Å². The molecular formula is C17H21N3O5. The fourth-order valence-corrected chi connectivity index (χ4v) is 2.40. The summed E-state index contributed by atoms with van der Waals surface area (Å²) >= 11 is 0. The molecular weight excluding hydrogens is 326 g/mol. The first-order valence-electron chi connectivity index (χ1n) is 7.90. The Morgan fingerprint density at radius 3 is 2.48 bits per heavy atom. The van der Waals surface area contributed by atoms with E-state index in [4.69, 9.17) is 4.74 Å². The molecule has 0 radical (unpaired) electrons. The van der Waals surface area contributed by atoms with Crippen LogP contribution in [0.2, 0.25) is 0 Å². The zero-order valence-electron chi connectivity index (χ0n) is 14.4. The average molecular weight is 347 g/mol. The van der Waals surface area contributed by atoms with Crippen molar-refractivity contribution < 1.29 is 23.9 Å². The lowest BCUT2D eigenvalue weighted by atomic mass is 10.2. The minimum Gasteiger partial charge on any atom is -0.497 e. The third-order valence-corrected chi connectivity index (χ3v) is 3.61. The molecule has 1 aromatic rings. The molecule has 1 aliphatic heterocycles. The number of amides is 5. The zero-order valence-corrected chi connectivity index (χ0v) is 14.4. The Bertz CT molecular complexity index is 701. The smallest absolute Gasteiger partial charge is 0.334 e. The number of hydrogen-bond acceptors (Lipinski definition) is 5. The van der Waals surface area contributed by atoms with Crippen LogP contribution in [0.3, 0.4) is 0 Å². The van der Waals surface area contributed by atoms with E-state index in [0.717, 1.165) is 10.5 Å². The minimum atomic E-state index is -0.970. The third-order valence-electron chi connectivity index (χ3n) is 3.61. The number of carbonyl (C=O) groups excluding carboxylic acids is 4. The number of methoxy groups -OCH3 is 1. The minimum absolute atomic E-state index is 0.0301. The highest BCUT2D eigenvalue weighted by molar-refractivity contribution is 6.45. The molecule has 1 aliphatic rings. The Kier molecular flexibility index (Phi) is 5.74. The summed E-state index contributed by atoms with van der Waals surface area (Å²) in [7, 11) is 1.54. The molecule has 8 heteroatoms. The molecule has 0 aromatic heterocycles. The summed E-state index contributed by atoms with van der Waals surface area (Å²) in [6.45, 7) is 3.53. The Morgan fingerprint density at radius 1 is 1.16 bits per heavy atom. The van der Waals surface area contributed by atoms with Crippen LogP contribution in [0.4, 0.5) is 4.79 Å². The highest BCUT2D eigenvalue weighted by atomic mass is 16.5. The van der Waals surface area contributed by atoms with E-state index in [1.165, 1.54) is 0 Å². The van der Waals surface area contributed by atoms with E-state index in [2.05, 4.69) is 5.32 Å². The average Bonchev–Trinajstić information content (AvgIpc) is 2.78. The van der Waals surface area contributed by atoms with Gasteiger partial charge in [0.1, 0.15) is 12.3 Å². The first kappa shape index (κ1) is 18.4. The van der Waals surface area contributed by atoms with Crippen molar-refractivity contribution in [3.63, 3.8) is 0 Å². The number of imide groups is 2. The fourth-order valence-electron chi connectivity index (χ4n) is 2.40.